The molecule has 3 N–H and O–H groups in total. The number of hydrogen-bond acceptors (Lipinski definition) is 3. The smallest absolute Gasteiger partial charge is 0.234 e. The number of phenols is 1. The summed E-state index contributed by atoms with van der Waals surface area (Å²) < 4.78 is 0. The Morgan fingerprint density at radius 3 is 2.43 bits per heavy atom. The second kappa shape index (κ2) is 7.45. The molecular formula is C17H20N2O2. The summed E-state index contributed by atoms with van der Waals surface area (Å²) in [4.78, 5) is 11.8. The van der Waals surface area contributed by atoms with Crippen LogP contribution in [0.4, 0.5) is 0 Å². The lowest BCUT2D eigenvalue weighted by Gasteiger charge is -2.14. The van der Waals surface area contributed by atoms with E-state index in [0.29, 0.717) is 6.54 Å². The summed E-state index contributed by atoms with van der Waals surface area (Å²) in [7, 11) is 0. The molecule has 1 amide bonds. The van der Waals surface area contributed by atoms with Gasteiger partial charge in [0, 0.05) is 12.6 Å². The quantitative estimate of drug-likeness (QED) is 0.763. The van der Waals surface area contributed by atoms with Crippen LogP contribution in [-0.2, 0) is 11.3 Å². The van der Waals surface area contributed by atoms with Crippen LogP contribution in [-0.4, -0.2) is 17.6 Å². The van der Waals surface area contributed by atoms with Crippen LogP contribution in [0.1, 0.15) is 24.1 Å². The molecule has 21 heavy (non-hydrogen) atoms. The first kappa shape index (κ1) is 15.1. The number of benzene rings is 2. The highest BCUT2D eigenvalue weighted by Crippen LogP contribution is 2.15. The van der Waals surface area contributed by atoms with Crippen molar-refractivity contribution in [1.82, 2.24) is 10.6 Å². The van der Waals surface area contributed by atoms with E-state index in [1.165, 1.54) is 0 Å². The molecule has 4 heteroatoms. The maximum atomic E-state index is 11.8. The van der Waals surface area contributed by atoms with Crippen molar-refractivity contribution < 1.29 is 9.90 Å². The molecule has 0 aliphatic rings. The maximum Gasteiger partial charge on any atom is 0.234 e. The van der Waals surface area contributed by atoms with Gasteiger partial charge in [-0.1, -0.05) is 42.5 Å². The van der Waals surface area contributed by atoms with Crippen molar-refractivity contribution in [3.8, 4) is 5.75 Å². The Labute approximate surface area is 124 Å². The molecule has 0 aliphatic heterocycles. The van der Waals surface area contributed by atoms with Crippen LogP contribution in [0.5, 0.6) is 5.75 Å². The number of aromatic hydroxyl groups is 1. The fraction of sp³-hybridized carbons (Fsp3) is 0.235. The van der Waals surface area contributed by atoms with Crippen molar-refractivity contribution in [3.63, 3.8) is 0 Å². The summed E-state index contributed by atoms with van der Waals surface area (Å²) in [6.07, 6.45) is 0. The number of phenolic OH excluding ortho intramolecular Hbond substituents is 1. The zero-order chi connectivity index (χ0) is 15.1. The summed E-state index contributed by atoms with van der Waals surface area (Å²) in [5, 5.41) is 15.3. The van der Waals surface area contributed by atoms with Gasteiger partial charge in [0.25, 0.3) is 0 Å². The second-order valence-corrected chi connectivity index (χ2v) is 4.96. The predicted molar refractivity (Wildman–Crippen MR) is 82.8 cm³/mol. The first-order valence-electron chi connectivity index (χ1n) is 6.98. The Morgan fingerprint density at radius 2 is 1.76 bits per heavy atom. The topological polar surface area (TPSA) is 61.4 Å². The lowest BCUT2D eigenvalue weighted by Crippen LogP contribution is -2.34. The molecule has 2 aromatic carbocycles. The van der Waals surface area contributed by atoms with E-state index < -0.39 is 0 Å². The third-order valence-electron chi connectivity index (χ3n) is 3.29. The highest BCUT2D eigenvalue weighted by atomic mass is 16.3. The van der Waals surface area contributed by atoms with E-state index in [4.69, 9.17) is 0 Å². The Balaban J connectivity index is 1.74. The van der Waals surface area contributed by atoms with E-state index in [2.05, 4.69) is 10.6 Å². The average molecular weight is 284 g/mol. The van der Waals surface area contributed by atoms with Gasteiger partial charge < -0.3 is 15.7 Å². The van der Waals surface area contributed by atoms with Gasteiger partial charge in [0.1, 0.15) is 5.75 Å². The zero-order valence-electron chi connectivity index (χ0n) is 12.0. The molecule has 0 aliphatic carbocycles. The largest absolute Gasteiger partial charge is 0.508 e. The van der Waals surface area contributed by atoms with Gasteiger partial charge in [-0.15, -0.1) is 0 Å². The van der Waals surface area contributed by atoms with Crippen molar-refractivity contribution in [3.05, 3.63) is 65.7 Å². The van der Waals surface area contributed by atoms with Crippen LogP contribution in [0, 0.1) is 0 Å². The zero-order valence-corrected chi connectivity index (χ0v) is 12.0. The van der Waals surface area contributed by atoms with Crippen molar-refractivity contribution >= 4 is 5.91 Å². The molecule has 2 rings (SSSR count). The van der Waals surface area contributed by atoms with Crippen LogP contribution in [0.3, 0.4) is 0 Å². The Morgan fingerprint density at radius 1 is 1.10 bits per heavy atom. The fourth-order valence-corrected chi connectivity index (χ4v) is 1.99. The Hall–Kier alpha value is -2.33. The minimum absolute atomic E-state index is 0.0375. The van der Waals surface area contributed by atoms with E-state index in [1.807, 2.05) is 49.4 Å². The first-order valence-corrected chi connectivity index (χ1v) is 6.98. The van der Waals surface area contributed by atoms with Gasteiger partial charge in [0.15, 0.2) is 0 Å². The van der Waals surface area contributed by atoms with E-state index in [1.54, 1.807) is 12.1 Å². The summed E-state index contributed by atoms with van der Waals surface area (Å²) in [6.45, 7) is 2.78. The molecule has 1 unspecified atom stereocenters. The molecule has 0 aromatic heterocycles. The molecular weight excluding hydrogens is 264 g/mol. The van der Waals surface area contributed by atoms with E-state index >= 15 is 0 Å². The third kappa shape index (κ3) is 4.93. The van der Waals surface area contributed by atoms with E-state index in [-0.39, 0.29) is 24.2 Å². The fourth-order valence-electron chi connectivity index (χ4n) is 1.99. The van der Waals surface area contributed by atoms with Gasteiger partial charge in [-0.25, -0.2) is 0 Å². The average Bonchev–Trinajstić information content (AvgIpc) is 2.52. The molecule has 0 radical (unpaired) electrons. The molecule has 0 heterocycles. The highest BCUT2D eigenvalue weighted by molar-refractivity contribution is 5.78. The van der Waals surface area contributed by atoms with Gasteiger partial charge in [-0.3, -0.25) is 4.79 Å². The number of rotatable bonds is 6. The molecule has 0 saturated heterocycles. The molecule has 4 nitrogen and oxygen atoms in total. The van der Waals surface area contributed by atoms with Crippen LogP contribution in [0.15, 0.2) is 54.6 Å². The minimum Gasteiger partial charge on any atom is -0.508 e. The molecule has 2 aromatic rings. The van der Waals surface area contributed by atoms with Crippen molar-refractivity contribution in [1.29, 1.82) is 0 Å². The Kier molecular flexibility index (Phi) is 5.35. The lowest BCUT2D eigenvalue weighted by atomic mass is 10.1. The number of carbonyl (C=O) groups excluding carboxylic acids is 1. The van der Waals surface area contributed by atoms with Crippen molar-refractivity contribution in [2.24, 2.45) is 0 Å². The normalized spacial score (nSPS) is 11.9. The lowest BCUT2D eigenvalue weighted by molar-refractivity contribution is -0.120. The number of carbonyl (C=O) groups is 1. The van der Waals surface area contributed by atoms with Crippen molar-refractivity contribution in [2.75, 3.05) is 6.54 Å². The van der Waals surface area contributed by atoms with Crippen LogP contribution in [0.25, 0.3) is 0 Å². The van der Waals surface area contributed by atoms with Crippen LogP contribution >= 0.6 is 0 Å². The van der Waals surface area contributed by atoms with E-state index in [0.717, 1.165) is 11.1 Å². The molecule has 110 valence electrons. The SMILES string of the molecule is CC(NCC(=O)NCc1ccccc1)c1ccc(O)cc1. The second-order valence-electron chi connectivity index (χ2n) is 4.96. The first-order chi connectivity index (χ1) is 10.1. The minimum atomic E-state index is -0.0375. The maximum absolute atomic E-state index is 11.8. The predicted octanol–water partition coefficient (Wildman–Crippen LogP) is 2.36. The summed E-state index contributed by atoms with van der Waals surface area (Å²) in [5.74, 6) is 0.205. The standard InChI is InChI=1S/C17H20N2O2/c1-13(15-7-9-16(20)10-8-15)18-12-17(21)19-11-14-5-3-2-4-6-14/h2-10,13,18,20H,11-12H2,1H3,(H,19,21). The Bertz CT molecular complexity index is 567. The third-order valence-corrected chi connectivity index (χ3v) is 3.29. The highest BCUT2D eigenvalue weighted by Gasteiger charge is 2.07. The van der Waals surface area contributed by atoms with Crippen molar-refractivity contribution in [2.45, 2.75) is 19.5 Å². The van der Waals surface area contributed by atoms with Gasteiger partial charge >= 0.3 is 0 Å². The molecule has 1 atom stereocenters. The summed E-state index contributed by atoms with van der Waals surface area (Å²) in [5.41, 5.74) is 2.11. The number of amides is 1. The van der Waals surface area contributed by atoms with Gasteiger partial charge in [-0.05, 0) is 30.2 Å². The van der Waals surface area contributed by atoms with Gasteiger partial charge in [0.05, 0.1) is 6.54 Å². The molecule has 0 bridgehead atoms. The van der Waals surface area contributed by atoms with Gasteiger partial charge in [0.2, 0.25) is 5.91 Å². The molecule has 0 fully saturated rings. The van der Waals surface area contributed by atoms with E-state index in [9.17, 15) is 9.90 Å². The molecule has 0 saturated carbocycles. The van der Waals surface area contributed by atoms with Gasteiger partial charge in [-0.2, -0.15) is 0 Å². The molecule has 0 spiro atoms. The number of hydrogen-bond donors (Lipinski definition) is 3. The summed E-state index contributed by atoms with van der Waals surface area (Å²) in [6, 6.07) is 16.8. The van der Waals surface area contributed by atoms with Crippen LogP contribution in [0.2, 0.25) is 0 Å². The van der Waals surface area contributed by atoms with Crippen LogP contribution < -0.4 is 10.6 Å². The number of nitrogens with one attached hydrogen (secondary N) is 2. The monoisotopic (exact) mass is 284 g/mol. The summed E-state index contributed by atoms with van der Waals surface area (Å²) >= 11 is 0.